The van der Waals surface area contributed by atoms with Crippen LogP contribution in [0, 0.1) is 0 Å². The van der Waals surface area contributed by atoms with Gasteiger partial charge in [-0.15, -0.1) is 14.4 Å². The molecule has 1 aliphatic rings. The lowest BCUT2D eigenvalue weighted by Gasteiger charge is -2.12. The Morgan fingerprint density at radius 3 is 2.28 bits per heavy atom. The van der Waals surface area contributed by atoms with Gasteiger partial charge in [0.05, 0.1) is 12.6 Å². The van der Waals surface area contributed by atoms with Crippen molar-refractivity contribution in [2.45, 2.75) is 12.8 Å². The van der Waals surface area contributed by atoms with Crippen molar-refractivity contribution in [2.24, 2.45) is 7.05 Å². The highest BCUT2D eigenvalue weighted by molar-refractivity contribution is 6.04. The van der Waals surface area contributed by atoms with Crippen LogP contribution in [-0.2, 0) is 21.5 Å². The summed E-state index contributed by atoms with van der Waals surface area (Å²) in [4.78, 5) is 52.7. The predicted molar refractivity (Wildman–Crippen MR) is 97.5 cm³/mol. The Labute approximate surface area is 164 Å². The first-order valence-corrected chi connectivity index (χ1v) is 8.74. The van der Waals surface area contributed by atoms with E-state index in [0.29, 0.717) is 16.0 Å². The molecule has 2 aromatic carbocycles. The van der Waals surface area contributed by atoms with Gasteiger partial charge >= 0.3 is 5.97 Å². The van der Waals surface area contributed by atoms with Crippen LogP contribution in [0.2, 0.25) is 0 Å². The second-order valence-electron chi connectivity index (χ2n) is 6.51. The Morgan fingerprint density at radius 1 is 1.03 bits per heavy atom. The molecule has 1 saturated heterocycles. The minimum absolute atomic E-state index is 0.0337. The molecule has 146 valence electrons. The van der Waals surface area contributed by atoms with E-state index in [1.54, 1.807) is 48.4 Å². The fraction of sp³-hybridized carbons (Fsp3) is 0.158. The van der Waals surface area contributed by atoms with Crippen LogP contribution in [0.1, 0.15) is 33.6 Å². The molecule has 3 aromatic rings. The molecule has 0 spiro atoms. The number of nitrogens with zero attached hydrogens (tertiary/aromatic N) is 4. The molecule has 10 nitrogen and oxygen atoms in total. The fourth-order valence-corrected chi connectivity index (χ4v) is 2.92. The van der Waals surface area contributed by atoms with Gasteiger partial charge in [0, 0.05) is 23.5 Å². The molecular weight excluding hydrogens is 378 g/mol. The summed E-state index contributed by atoms with van der Waals surface area (Å²) in [5, 5.41) is 5.90. The summed E-state index contributed by atoms with van der Waals surface area (Å²) >= 11 is 0. The second kappa shape index (κ2) is 7.15. The van der Waals surface area contributed by atoms with E-state index >= 15 is 0 Å². The summed E-state index contributed by atoms with van der Waals surface area (Å²) in [5.41, 5.74) is 3.29. The van der Waals surface area contributed by atoms with Gasteiger partial charge in [-0.25, -0.2) is 10.2 Å². The van der Waals surface area contributed by atoms with Gasteiger partial charge in [-0.2, -0.15) is 0 Å². The summed E-state index contributed by atoms with van der Waals surface area (Å²) in [6.45, 7) is 0. The van der Waals surface area contributed by atoms with Crippen LogP contribution in [0.3, 0.4) is 0 Å². The van der Waals surface area contributed by atoms with Crippen molar-refractivity contribution in [3.05, 3.63) is 60.2 Å². The molecule has 0 atom stereocenters. The van der Waals surface area contributed by atoms with Crippen molar-refractivity contribution in [3.8, 4) is 0 Å². The number of amides is 3. The van der Waals surface area contributed by atoms with Crippen LogP contribution >= 0.6 is 0 Å². The number of fused-ring (bicyclic) bond motifs is 1. The van der Waals surface area contributed by atoms with Crippen LogP contribution in [0.15, 0.2) is 49.1 Å². The molecule has 0 saturated carbocycles. The number of hydrogen-bond acceptors (Lipinski definition) is 6. The van der Waals surface area contributed by atoms with Gasteiger partial charge in [-0.3, -0.25) is 14.4 Å². The first-order valence-electron chi connectivity index (χ1n) is 8.74. The number of hydroxylamine groups is 2. The molecule has 1 aliphatic heterocycles. The maximum Gasteiger partial charge on any atom is 0.363 e. The van der Waals surface area contributed by atoms with Gasteiger partial charge in [-0.05, 0) is 35.0 Å². The van der Waals surface area contributed by atoms with Crippen molar-refractivity contribution in [2.75, 3.05) is 5.43 Å². The number of benzene rings is 2. The lowest BCUT2D eigenvalue weighted by molar-refractivity contribution is -0.642. The van der Waals surface area contributed by atoms with Crippen LogP contribution in [0.25, 0.3) is 10.8 Å². The lowest BCUT2D eigenvalue weighted by atomic mass is 10.0. The molecule has 4 rings (SSSR count). The van der Waals surface area contributed by atoms with E-state index in [4.69, 9.17) is 4.84 Å². The van der Waals surface area contributed by atoms with E-state index in [-0.39, 0.29) is 24.3 Å². The summed E-state index contributed by atoms with van der Waals surface area (Å²) in [7, 11) is 1.73. The number of rotatable bonds is 4. The number of aryl methyl sites for hydroxylation is 1. The first-order chi connectivity index (χ1) is 13.9. The van der Waals surface area contributed by atoms with Gasteiger partial charge in [0.1, 0.15) is 0 Å². The zero-order valence-electron chi connectivity index (χ0n) is 15.4. The lowest BCUT2D eigenvalue weighted by Crippen LogP contribution is -2.46. The standard InChI is InChI=1S/C19H15N5O5/c1-22-11-23(10-20-22)21-18(27)14-4-2-13-9-15(5-3-12(13)8-14)19(28)29-24-16(25)6-7-17(24)26/h2-5,8-11H,6-7H2,1H3/p+1. The van der Waals surface area contributed by atoms with E-state index in [2.05, 4.69) is 10.5 Å². The van der Waals surface area contributed by atoms with Crippen molar-refractivity contribution in [1.29, 1.82) is 0 Å². The normalized spacial score (nSPS) is 13.8. The third-order valence-corrected chi connectivity index (χ3v) is 4.40. The van der Waals surface area contributed by atoms with Crippen molar-refractivity contribution in [3.63, 3.8) is 0 Å². The van der Waals surface area contributed by atoms with Gasteiger partial charge < -0.3 is 4.84 Å². The molecule has 3 amide bonds. The van der Waals surface area contributed by atoms with E-state index in [9.17, 15) is 19.2 Å². The monoisotopic (exact) mass is 394 g/mol. The highest BCUT2D eigenvalue weighted by atomic mass is 16.7. The fourth-order valence-electron chi connectivity index (χ4n) is 2.92. The molecule has 1 fully saturated rings. The molecule has 2 heterocycles. The number of carbonyl (C=O) groups is 4. The van der Waals surface area contributed by atoms with Gasteiger partial charge in [0.25, 0.3) is 24.0 Å². The molecular formula is C19H16N5O5+. The molecule has 10 heteroatoms. The second-order valence-corrected chi connectivity index (χ2v) is 6.51. The zero-order chi connectivity index (χ0) is 20.5. The molecule has 0 aliphatic carbocycles. The molecule has 0 bridgehead atoms. The number of imide groups is 1. The summed E-state index contributed by atoms with van der Waals surface area (Å²) in [6, 6.07) is 9.74. The van der Waals surface area contributed by atoms with Gasteiger partial charge in [-0.1, -0.05) is 12.1 Å². The Balaban J connectivity index is 1.52. The van der Waals surface area contributed by atoms with E-state index in [1.165, 1.54) is 17.1 Å². The zero-order valence-corrected chi connectivity index (χ0v) is 15.4. The van der Waals surface area contributed by atoms with Crippen LogP contribution < -0.4 is 10.1 Å². The molecule has 1 N–H and O–H groups in total. The summed E-state index contributed by atoms with van der Waals surface area (Å²) in [6.07, 6.45) is 3.14. The predicted octanol–water partition coefficient (Wildman–Crippen LogP) is 0.465. The third kappa shape index (κ3) is 3.68. The Morgan fingerprint density at radius 2 is 1.66 bits per heavy atom. The number of carbonyl (C=O) groups excluding carboxylic acids is 4. The largest absolute Gasteiger partial charge is 0.363 e. The van der Waals surface area contributed by atoms with E-state index in [0.717, 1.165) is 5.39 Å². The van der Waals surface area contributed by atoms with Crippen LogP contribution in [0.5, 0.6) is 0 Å². The van der Waals surface area contributed by atoms with Crippen molar-refractivity contribution < 1.29 is 28.7 Å². The number of hydrogen-bond donors (Lipinski definition) is 1. The Bertz CT molecular complexity index is 1150. The van der Waals surface area contributed by atoms with E-state index in [1.807, 2.05) is 0 Å². The van der Waals surface area contributed by atoms with Crippen LogP contribution in [-0.4, -0.2) is 38.5 Å². The average Bonchev–Trinajstić information content (AvgIpc) is 3.26. The van der Waals surface area contributed by atoms with Crippen molar-refractivity contribution >= 4 is 34.5 Å². The molecule has 0 unspecified atom stereocenters. The smallest absolute Gasteiger partial charge is 0.325 e. The van der Waals surface area contributed by atoms with Gasteiger partial charge in [0.15, 0.2) is 0 Å². The first kappa shape index (κ1) is 18.3. The molecule has 29 heavy (non-hydrogen) atoms. The Hall–Kier alpha value is -4.08. The SMILES string of the molecule is Cn1c[n+](NC(=O)c2ccc3cc(C(=O)ON4C(=O)CCC4=O)ccc3c2)cn1. The highest BCUT2D eigenvalue weighted by Gasteiger charge is 2.33. The summed E-state index contributed by atoms with van der Waals surface area (Å²) < 4.78 is 2.98. The minimum Gasteiger partial charge on any atom is -0.325 e. The average molecular weight is 394 g/mol. The topological polar surface area (TPSA) is 114 Å². The maximum atomic E-state index is 12.4. The Kier molecular flexibility index (Phi) is 4.51. The molecule has 1 aromatic heterocycles. The van der Waals surface area contributed by atoms with E-state index < -0.39 is 17.8 Å². The maximum absolute atomic E-state index is 12.4. The molecule has 0 radical (unpaired) electrons. The number of nitrogens with one attached hydrogen (secondary N) is 1. The quantitative estimate of drug-likeness (QED) is 0.508. The minimum atomic E-state index is -0.801. The van der Waals surface area contributed by atoms with Gasteiger partial charge in [0.2, 0.25) is 6.33 Å². The van der Waals surface area contributed by atoms with Crippen LogP contribution in [0.4, 0.5) is 0 Å². The number of aromatic nitrogens is 3. The van der Waals surface area contributed by atoms with Crippen molar-refractivity contribution in [1.82, 2.24) is 14.8 Å². The summed E-state index contributed by atoms with van der Waals surface area (Å²) in [5.74, 6) is -2.19. The highest BCUT2D eigenvalue weighted by Crippen LogP contribution is 2.20. The third-order valence-electron chi connectivity index (χ3n) is 4.40.